The summed E-state index contributed by atoms with van der Waals surface area (Å²) in [5.41, 5.74) is 0. The lowest BCUT2D eigenvalue weighted by atomic mass is 10.4. The minimum absolute atomic E-state index is 0.281. The molecule has 1 unspecified atom stereocenters. The van der Waals surface area contributed by atoms with Crippen LogP contribution >= 0.6 is 0 Å². The molecule has 0 amide bonds. The van der Waals surface area contributed by atoms with Gasteiger partial charge in [0.25, 0.3) is 0 Å². The van der Waals surface area contributed by atoms with Gasteiger partial charge in [0.1, 0.15) is 0 Å². The molecule has 0 aliphatic carbocycles. The Morgan fingerprint density at radius 1 is 1.56 bits per heavy atom. The average molecular weight is 133 g/mol. The van der Waals surface area contributed by atoms with E-state index in [0.717, 1.165) is 0 Å². The Bertz CT molecular complexity index is 54.3. The molecule has 1 atom stereocenters. The van der Waals surface area contributed by atoms with Crippen molar-refractivity contribution in [2.75, 3.05) is 26.9 Å². The molecule has 0 spiro atoms. The summed E-state index contributed by atoms with van der Waals surface area (Å²) in [5, 5.41) is 8.57. The van der Waals surface area contributed by atoms with Crippen molar-refractivity contribution in [3.63, 3.8) is 0 Å². The molecule has 0 aliphatic heterocycles. The molecule has 0 rings (SSSR count). The first kappa shape index (κ1) is 8.88. The van der Waals surface area contributed by atoms with Gasteiger partial charge in [-0.2, -0.15) is 0 Å². The van der Waals surface area contributed by atoms with E-state index in [1.54, 1.807) is 7.11 Å². The van der Waals surface area contributed by atoms with Crippen LogP contribution in [-0.2, 0) is 9.47 Å². The third kappa shape index (κ3) is 7.88. The molecule has 0 aromatic carbocycles. The molecule has 1 radical (unpaired) electrons. The number of methoxy groups -OCH3 is 1. The number of hydrogen-bond donors (Lipinski definition) is 1. The van der Waals surface area contributed by atoms with Gasteiger partial charge in [-0.1, -0.05) is 0 Å². The van der Waals surface area contributed by atoms with Crippen molar-refractivity contribution in [1.82, 2.24) is 0 Å². The predicted molar refractivity (Wildman–Crippen MR) is 34.1 cm³/mol. The predicted octanol–water partition coefficient (Wildman–Crippen LogP) is -0.156. The molecule has 0 aliphatic rings. The van der Waals surface area contributed by atoms with Crippen LogP contribution in [0.25, 0.3) is 0 Å². The molecule has 0 aromatic heterocycles. The van der Waals surface area contributed by atoms with Crippen LogP contribution in [0.3, 0.4) is 0 Å². The van der Waals surface area contributed by atoms with Gasteiger partial charge in [0.15, 0.2) is 0 Å². The number of hydrogen-bond acceptors (Lipinski definition) is 3. The lowest BCUT2D eigenvalue weighted by Crippen LogP contribution is -2.13. The van der Waals surface area contributed by atoms with Crippen LogP contribution in [0.2, 0.25) is 0 Å². The summed E-state index contributed by atoms with van der Waals surface area (Å²) in [4.78, 5) is 0. The highest BCUT2D eigenvalue weighted by molar-refractivity contribution is 4.52. The van der Waals surface area contributed by atoms with Gasteiger partial charge in [-0.05, 0) is 6.92 Å². The van der Waals surface area contributed by atoms with E-state index in [2.05, 4.69) is 6.92 Å². The van der Waals surface area contributed by atoms with Crippen molar-refractivity contribution in [3.8, 4) is 0 Å². The molecule has 0 fully saturated rings. The summed E-state index contributed by atoms with van der Waals surface area (Å²) in [6.45, 7) is 4.69. The molecule has 3 heteroatoms. The minimum Gasteiger partial charge on any atom is -0.391 e. The van der Waals surface area contributed by atoms with Crippen molar-refractivity contribution < 1.29 is 14.6 Å². The molecule has 0 aromatic rings. The average Bonchev–Trinajstić information content (AvgIpc) is 1.80. The minimum atomic E-state index is -0.623. The topological polar surface area (TPSA) is 38.7 Å². The lowest BCUT2D eigenvalue weighted by molar-refractivity contribution is 0.0285. The zero-order valence-electron chi connectivity index (χ0n) is 5.67. The number of aliphatic hydroxyl groups is 1. The molecule has 3 nitrogen and oxygen atoms in total. The summed E-state index contributed by atoms with van der Waals surface area (Å²) in [7, 11) is 1.60. The van der Waals surface area contributed by atoms with Crippen LogP contribution in [0, 0.1) is 6.92 Å². The second-order valence-corrected chi connectivity index (χ2v) is 1.72. The van der Waals surface area contributed by atoms with Crippen LogP contribution < -0.4 is 0 Å². The van der Waals surface area contributed by atoms with Crippen molar-refractivity contribution >= 4 is 0 Å². The molecule has 9 heavy (non-hydrogen) atoms. The largest absolute Gasteiger partial charge is 0.391 e. The van der Waals surface area contributed by atoms with Gasteiger partial charge < -0.3 is 14.6 Å². The van der Waals surface area contributed by atoms with Gasteiger partial charge >= 0.3 is 0 Å². The smallest absolute Gasteiger partial charge is 0.0774 e. The van der Waals surface area contributed by atoms with Gasteiger partial charge in [-0.25, -0.2) is 0 Å². The first-order valence-corrected chi connectivity index (χ1v) is 2.85. The van der Waals surface area contributed by atoms with Gasteiger partial charge in [0, 0.05) is 7.11 Å². The fourth-order valence-electron chi connectivity index (χ4n) is 0.362. The van der Waals surface area contributed by atoms with E-state index in [9.17, 15) is 0 Å². The van der Waals surface area contributed by atoms with E-state index in [-0.39, 0.29) is 6.61 Å². The summed E-state index contributed by atoms with van der Waals surface area (Å²) in [6, 6.07) is 0. The Labute approximate surface area is 55.6 Å². The van der Waals surface area contributed by atoms with Crippen molar-refractivity contribution in [3.05, 3.63) is 6.92 Å². The SMILES string of the molecule is [CH2]C(O)COCCOC. The highest BCUT2D eigenvalue weighted by Gasteiger charge is 1.93. The third-order valence-electron chi connectivity index (χ3n) is 0.742. The van der Waals surface area contributed by atoms with E-state index in [4.69, 9.17) is 14.6 Å². The monoisotopic (exact) mass is 133 g/mol. The maximum atomic E-state index is 8.57. The Morgan fingerprint density at radius 3 is 2.67 bits per heavy atom. The summed E-state index contributed by atoms with van der Waals surface area (Å²) in [6.07, 6.45) is -0.623. The lowest BCUT2D eigenvalue weighted by Gasteiger charge is -2.04. The first-order chi connectivity index (χ1) is 4.27. The van der Waals surface area contributed by atoms with Crippen molar-refractivity contribution in [1.29, 1.82) is 0 Å². The molecule has 0 saturated carbocycles. The van der Waals surface area contributed by atoms with Crippen LogP contribution in [0.1, 0.15) is 0 Å². The second kappa shape index (κ2) is 6.01. The maximum Gasteiger partial charge on any atom is 0.0774 e. The molecule has 1 N–H and O–H groups in total. The standard InChI is InChI=1S/C6H13O3/c1-6(7)5-9-4-3-8-2/h6-7H,1,3-5H2,2H3. The molecular formula is C6H13O3. The van der Waals surface area contributed by atoms with Crippen molar-refractivity contribution in [2.45, 2.75) is 6.10 Å². The number of ether oxygens (including phenoxy) is 2. The molecular weight excluding hydrogens is 120 g/mol. The van der Waals surface area contributed by atoms with E-state index in [1.807, 2.05) is 0 Å². The van der Waals surface area contributed by atoms with Gasteiger partial charge in [-0.15, -0.1) is 0 Å². The van der Waals surface area contributed by atoms with E-state index < -0.39 is 6.10 Å². The van der Waals surface area contributed by atoms with Crippen molar-refractivity contribution in [2.24, 2.45) is 0 Å². The van der Waals surface area contributed by atoms with Crippen LogP contribution in [-0.4, -0.2) is 38.1 Å². The molecule has 55 valence electrons. The molecule has 0 saturated heterocycles. The normalized spacial score (nSPS) is 13.7. The zero-order chi connectivity index (χ0) is 7.11. The summed E-state index contributed by atoms with van der Waals surface area (Å²) < 4.78 is 9.59. The zero-order valence-corrected chi connectivity index (χ0v) is 5.67. The highest BCUT2D eigenvalue weighted by atomic mass is 16.5. The van der Waals surface area contributed by atoms with Gasteiger partial charge in [0.05, 0.1) is 25.9 Å². The number of rotatable bonds is 5. The maximum absolute atomic E-state index is 8.57. The Balaban J connectivity index is 2.75. The van der Waals surface area contributed by atoms with Gasteiger partial charge in [-0.3, -0.25) is 0 Å². The first-order valence-electron chi connectivity index (χ1n) is 2.85. The highest BCUT2D eigenvalue weighted by Crippen LogP contribution is 1.81. The summed E-state index contributed by atoms with van der Waals surface area (Å²) in [5.74, 6) is 0. The fraction of sp³-hybridized carbons (Fsp3) is 0.833. The second-order valence-electron chi connectivity index (χ2n) is 1.72. The van der Waals surface area contributed by atoms with E-state index in [0.29, 0.717) is 13.2 Å². The molecule has 0 heterocycles. The van der Waals surface area contributed by atoms with E-state index >= 15 is 0 Å². The van der Waals surface area contributed by atoms with Crippen LogP contribution in [0.15, 0.2) is 0 Å². The number of aliphatic hydroxyl groups excluding tert-OH is 1. The molecule has 0 bridgehead atoms. The summed E-state index contributed by atoms with van der Waals surface area (Å²) >= 11 is 0. The van der Waals surface area contributed by atoms with E-state index in [1.165, 1.54) is 0 Å². The van der Waals surface area contributed by atoms with Crippen LogP contribution in [0.5, 0.6) is 0 Å². The third-order valence-corrected chi connectivity index (χ3v) is 0.742. The van der Waals surface area contributed by atoms with Crippen LogP contribution in [0.4, 0.5) is 0 Å². The Kier molecular flexibility index (Phi) is 5.93. The Morgan fingerprint density at radius 2 is 2.22 bits per heavy atom. The van der Waals surface area contributed by atoms with Gasteiger partial charge in [0.2, 0.25) is 0 Å². The quantitative estimate of drug-likeness (QED) is 0.530. The fourth-order valence-corrected chi connectivity index (χ4v) is 0.362. The Hall–Kier alpha value is -0.120.